The fraction of sp³-hybridized carbons (Fsp3) is 1.00. The summed E-state index contributed by atoms with van der Waals surface area (Å²) >= 11 is 0. The average molecular weight is 168 g/mol. The van der Waals surface area contributed by atoms with Crippen molar-refractivity contribution in [2.45, 2.75) is 58.7 Å². The minimum absolute atomic E-state index is 0.491. The summed E-state index contributed by atoms with van der Waals surface area (Å²) in [6.07, 6.45) is 6.45. The van der Waals surface area contributed by atoms with E-state index in [0.717, 1.165) is 5.92 Å². The van der Waals surface area contributed by atoms with Gasteiger partial charge in [-0.1, -0.05) is 20.8 Å². The van der Waals surface area contributed by atoms with Crippen molar-refractivity contribution >= 4 is 0 Å². The molecule has 1 heteroatoms. The van der Waals surface area contributed by atoms with Crippen molar-refractivity contribution in [3.63, 3.8) is 0 Å². The second-order valence-electron chi connectivity index (χ2n) is 5.49. The number of hydrogen-bond donors (Lipinski definition) is 0. The molecule has 2 saturated heterocycles. The summed E-state index contributed by atoms with van der Waals surface area (Å²) in [5, 5.41) is 0. The second kappa shape index (κ2) is 2.73. The van der Waals surface area contributed by atoms with Gasteiger partial charge in [0.1, 0.15) is 0 Å². The van der Waals surface area contributed by atoms with E-state index < -0.39 is 0 Å². The van der Waals surface area contributed by atoms with E-state index in [1.807, 2.05) is 0 Å². The van der Waals surface area contributed by atoms with E-state index in [4.69, 9.17) is 4.74 Å². The minimum Gasteiger partial charge on any atom is -0.375 e. The zero-order chi connectivity index (χ0) is 8.77. The Balaban J connectivity index is 2.03. The lowest BCUT2D eigenvalue weighted by Crippen LogP contribution is -2.32. The number of hydrogen-bond acceptors (Lipinski definition) is 1. The Kier molecular flexibility index (Phi) is 1.95. The predicted molar refractivity (Wildman–Crippen MR) is 50.1 cm³/mol. The molecule has 70 valence electrons. The normalized spacial score (nSPS) is 41.8. The van der Waals surface area contributed by atoms with Crippen LogP contribution in [0.4, 0.5) is 0 Å². The van der Waals surface area contributed by atoms with Gasteiger partial charge in [0.05, 0.1) is 12.2 Å². The molecule has 3 atom stereocenters. The molecule has 0 aromatic carbocycles. The molecule has 0 aliphatic carbocycles. The first-order valence-corrected chi connectivity index (χ1v) is 5.21. The molecular weight excluding hydrogens is 148 g/mol. The van der Waals surface area contributed by atoms with Gasteiger partial charge in [-0.15, -0.1) is 0 Å². The third-order valence-electron chi connectivity index (χ3n) is 3.52. The fourth-order valence-corrected chi connectivity index (χ4v) is 2.56. The number of rotatable bonds is 0. The van der Waals surface area contributed by atoms with E-state index >= 15 is 0 Å². The molecule has 2 aliphatic rings. The van der Waals surface area contributed by atoms with E-state index in [9.17, 15) is 0 Å². The van der Waals surface area contributed by atoms with Gasteiger partial charge >= 0.3 is 0 Å². The van der Waals surface area contributed by atoms with Gasteiger partial charge in [0.15, 0.2) is 0 Å². The molecule has 2 heterocycles. The van der Waals surface area contributed by atoms with Crippen LogP contribution in [0.2, 0.25) is 0 Å². The first-order valence-electron chi connectivity index (χ1n) is 5.21. The Bertz CT molecular complexity index is 156. The van der Waals surface area contributed by atoms with Crippen molar-refractivity contribution in [3.8, 4) is 0 Å². The zero-order valence-electron chi connectivity index (χ0n) is 8.47. The molecule has 12 heavy (non-hydrogen) atoms. The third-order valence-corrected chi connectivity index (χ3v) is 3.52. The van der Waals surface area contributed by atoms with Gasteiger partial charge in [0, 0.05) is 0 Å². The molecule has 0 spiro atoms. The van der Waals surface area contributed by atoms with Crippen LogP contribution in [0.5, 0.6) is 0 Å². The van der Waals surface area contributed by atoms with E-state index in [2.05, 4.69) is 20.8 Å². The van der Waals surface area contributed by atoms with Crippen LogP contribution in [-0.2, 0) is 4.74 Å². The summed E-state index contributed by atoms with van der Waals surface area (Å²) in [4.78, 5) is 0. The van der Waals surface area contributed by atoms with Crippen molar-refractivity contribution in [2.75, 3.05) is 0 Å². The zero-order valence-corrected chi connectivity index (χ0v) is 8.47. The lowest BCUT2D eigenvalue weighted by molar-refractivity contribution is -0.0443. The Labute approximate surface area is 75.5 Å². The van der Waals surface area contributed by atoms with Crippen molar-refractivity contribution in [1.82, 2.24) is 0 Å². The van der Waals surface area contributed by atoms with Crippen molar-refractivity contribution in [2.24, 2.45) is 11.3 Å². The van der Waals surface area contributed by atoms with Crippen LogP contribution in [0.3, 0.4) is 0 Å². The standard InChI is InChI=1S/C11H20O/c1-11(2,3)8-6-9-4-5-10(7-8)12-9/h8-10H,4-7H2,1-3H3/t8?,9-,10+. The quantitative estimate of drug-likeness (QED) is 0.540. The largest absolute Gasteiger partial charge is 0.375 e. The van der Waals surface area contributed by atoms with Gasteiger partial charge < -0.3 is 4.74 Å². The Morgan fingerprint density at radius 1 is 1.00 bits per heavy atom. The van der Waals surface area contributed by atoms with E-state index in [-0.39, 0.29) is 0 Å². The van der Waals surface area contributed by atoms with Gasteiger partial charge in [-0.25, -0.2) is 0 Å². The van der Waals surface area contributed by atoms with Crippen LogP contribution < -0.4 is 0 Å². The first-order chi connectivity index (χ1) is 5.55. The van der Waals surface area contributed by atoms with Crippen molar-refractivity contribution < 1.29 is 4.74 Å². The summed E-state index contributed by atoms with van der Waals surface area (Å²) in [7, 11) is 0. The van der Waals surface area contributed by atoms with E-state index in [0.29, 0.717) is 17.6 Å². The monoisotopic (exact) mass is 168 g/mol. The molecule has 2 rings (SSSR count). The maximum absolute atomic E-state index is 5.82. The van der Waals surface area contributed by atoms with Gasteiger partial charge in [0.2, 0.25) is 0 Å². The van der Waals surface area contributed by atoms with Crippen LogP contribution in [0.15, 0.2) is 0 Å². The molecular formula is C11H20O. The van der Waals surface area contributed by atoms with Gasteiger partial charge in [0.25, 0.3) is 0 Å². The first kappa shape index (κ1) is 8.55. The fourth-order valence-electron chi connectivity index (χ4n) is 2.56. The molecule has 0 aromatic rings. The molecule has 2 fully saturated rings. The average Bonchev–Trinajstić information content (AvgIpc) is 2.28. The summed E-state index contributed by atoms with van der Waals surface area (Å²) in [5.41, 5.74) is 0.491. The maximum atomic E-state index is 5.82. The van der Waals surface area contributed by atoms with Crippen LogP contribution in [0.25, 0.3) is 0 Å². The maximum Gasteiger partial charge on any atom is 0.0582 e. The predicted octanol–water partition coefficient (Wildman–Crippen LogP) is 2.99. The van der Waals surface area contributed by atoms with Gasteiger partial charge in [-0.3, -0.25) is 0 Å². The van der Waals surface area contributed by atoms with Crippen molar-refractivity contribution in [3.05, 3.63) is 0 Å². The molecule has 0 amide bonds. The topological polar surface area (TPSA) is 9.23 Å². The second-order valence-corrected chi connectivity index (χ2v) is 5.49. The minimum atomic E-state index is 0.491. The summed E-state index contributed by atoms with van der Waals surface area (Å²) in [6.45, 7) is 7.09. The van der Waals surface area contributed by atoms with Crippen LogP contribution >= 0.6 is 0 Å². The summed E-state index contributed by atoms with van der Waals surface area (Å²) < 4.78 is 5.82. The molecule has 0 N–H and O–H groups in total. The lowest BCUT2D eigenvalue weighted by Gasteiger charge is -2.37. The molecule has 1 nitrogen and oxygen atoms in total. The Morgan fingerprint density at radius 3 is 1.92 bits per heavy atom. The summed E-state index contributed by atoms with van der Waals surface area (Å²) in [5.74, 6) is 0.892. The highest BCUT2D eigenvalue weighted by Gasteiger charge is 2.39. The lowest BCUT2D eigenvalue weighted by atomic mass is 9.75. The van der Waals surface area contributed by atoms with E-state index in [1.165, 1.54) is 25.7 Å². The Hall–Kier alpha value is -0.0400. The van der Waals surface area contributed by atoms with Gasteiger partial charge in [-0.05, 0) is 37.0 Å². The molecule has 0 saturated carbocycles. The van der Waals surface area contributed by atoms with Crippen LogP contribution in [0, 0.1) is 11.3 Å². The number of fused-ring (bicyclic) bond motifs is 2. The Morgan fingerprint density at radius 2 is 1.50 bits per heavy atom. The highest BCUT2D eigenvalue weighted by Crippen LogP contribution is 2.43. The molecule has 0 aromatic heterocycles. The van der Waals surface area contributed by atoms with Crippen LogP contribution in [-0.4, -0.2) is 12.2 Å². The highest BCUT2D eigenvalue weighted by atomic mass is 16.5. The molecule has 0 radical (unpaired) electrons. The smallest absolute Gasteiger partial charge is 0.0582 e. The van der Waals surface area contributed by atoms with Crippen molar-refractivity contribution in [1.29, 1.82) is 0 Å². The SMILES string of the molecule is CC(C)(C)C1C[C@H]2CC[C@@H](C1)O2. The highest BCUT2D eigenvalue weighted by molar-refractivity contribution is 4.88. The molecule has 2 bridgehead atoms. The number of ether oxygens (including phenoxy) is 1. The van der Waals surface area contributed by atoms with E-state index in [1.54, 1.807) is 0 Å². The van der Waals surface area contributed by atoms with Crippen LogP contribution in [0.1, 0.15) is 46.5 Å². The molecule has 1 unspecified atom stereocenters. The summed E-state index contributed by atoms with van der Waals surface area (Å²) in [6, 6.07) is 0. The van der Waals surface area contributed by atoms with Gasteiger partial charge in [-0.2, -0.15) is 0 Å². The third kappa shape index (κ3) is 1.52. The molecule has 2 aliphatic heterocycles.